The van der Waals surface area contributed by atoms with Crippen LogP contribution < -0.4 is 10.1 Å². The number of ether oxygens (including phenoxy) is 1. The van der Waals surface area contributed by atoms with Gasteiger partial charge < -0.3 is 10.1 Å². The van der Waals surface area contributed by atoms with Gasteiger partial charge in [-0.15, -0.1) is 0 Å². The highest BCUT2D eigenvalue weighted by atomic mass is 19.1. The van der Waals surface area contributed by atoms with Crippen LogP contribution in [0.3, 0.4) is 0 Å². The number of rotatable bonds is 5. The smallest absolute Gasteiger partial charge is 0.165 e. The molecule has 1 N–H and O–H groups in total. The Kier molecular flexibility index (Phi) is 4.20. The fourth-order valence-corrected chi connectivity index (χ4v) is 2.72. The molecule has 1 aliphatic heterocycles. The SMILES string of the molecule is CCC1(C(=O)Cc2ccc(OC)c(F)c2)CCCN1. The Bertz CT molecular complexity index is 467. The number of ketones is 1. The molecule has 19 heavy (non-hydrogen) atoms. The second-order valence-electron chi connectivity index (χ2n) is 5.03. The van der Waals surface area contributed by atoms with E-state index in [0.29, 0.717) is 5.56 Å². The first-order valence-corrected chi connectivity index (χ1v) is 6.72. The van der Waals surface area contributed by atoms with Crippen LogP contribution >= 0.6 is 0 Å². The van der Waals surface area contributed by atoms with E-state index in [-0.39, 0.29) is 18.0 Å². The van der Waals surface area contributed by atoms with Gasteiger partial charge in [-0.2, -0.15) is 0 Å². The highest BCUT2D eigenvalue weighted by molar-refractivity contribution is 5.90. The largest absolute Gasteiger partial charge is 0.494 e. The summed E-state index contributed by atoms with van der Waals surface area (Å²) in [5, 5.41) is 3.31. The van der Waals surface area contributed by atoms with Gasteiger partial charge in [0.25, 0.3) is 0 Å². The minimum absolute atomic E-state index is 0.150. The topological polar surface area (TPSA) is 38.3 Å². The van der Waals surface area contributed by atoms with Crippen LogP contribution in [0.15, 0.2) is 18.2 Å². The first kappa shape index (κ1) is 14.0. The van der Waals surface area contributed by atoms with Gasteiger partial charge in [0.1, 0.15) is 0 Å². The number of methoxy groups -OCH3 is 1. The van der Waals surface area contributed by atoms with E-state index in [1.165, 1.54) is 13.2 Å². The van der Waals surface area contributed by atoms with Gasteiger partial charge in [0, 0.05) is 6.42 Å². The van der Waals surface area contributed by atoms with Gasteiger partial charge in [-0.05, 0) is 43.5 Å². The maximum absolute atomic E-state index is 13.6. The molecule has 1 fully saturated rings. The number of hydrogen-bond acceptors (Lipinski definition) is 3. The molecule has 3 nitrogen and oxygen atoms in total. The third-order valence-electron chi connectivity index (χ3n) is 3.96. The summed E-state index contributed by atoms with van der Waals surface area (Å²) < 4.78 is 18.5. The van der Waals surface area contributed by atoms with Crippen molar-refractivity contribution in [1.29, 1.82) is 0 Å². The summed E-state index contributed by atoms with van der Waals surface area (Å²) >= 11 is 0. The van der Waals surface area contributed by atoms with E-state index in [1.807, 2.05) is 6.92 Å². The number of carbonyl (C=O) groups is 1. The standard InChI is InChI=1S/C15H20FNO2/c1-3-15(7-4-8-17-15)14(18)10-11-5-6-13(19-2)12(16)9-11/h5-6,9,17H,3-4,7-8,10H2,1-2H3. The third-order valence-corrected chi connectivity index (χ3v) is 3.96. The summed E-state index contributed by atoms with van der Waals surface area (Å²) in [5.41, 5.74) is 0.293. The van der Waals surface area contributed by atoms with Crippen LogP contribution in [0.2, 0.25) is 0 Å². The van der Waals surface area contributed by atoms with Gasteiger partial charge >= 0.3 is 0 Å². The molecule has 1 unspecified atom stereocenters. The van der Waals surface area contributed by atoms with E-state index in [2.05, 4.69) is 5.32 Å². The third kappa shape index (κ3) is 2.78. The average molecular weight is 265 g/mol. The molecule has 1 saturated heterocycles. The predicted octanol–water partition coefficient (Wildman–Crippen LogP) is 2.48. The summed E-state index contributed by atoms with van der Waals surface area (Å²) in [5.74, 6) is -0.0600. The van der Waals surface area contributed by atoms with Gasteiger partial charge in [0.15, 0.2) is 17.3 Å². The lowest BCUT2D eigenvalue weighted by Crippen LogP contribution is -2.47. The molecule has 0 aromatic heterocycles. The quantitative estimate of drug-likeness (QED) is 0.889. The van der Waals surface area contributed by atoms with Crippen molar-refractivity contribution in [3.8, 4) is 5.75 Å². The van der Waals surface area contributed by atoms with Gasteiger partial charge in [-0.25, -0.2) is 4.39 Å². The summed E-state index contributed by atoms with van der Waals surface area (Å²) in [6.07, 6.45) is 2.95. The number of hydrogen-bond donors (Lipinski definition) is 1. The maximum Gasteiger partial charge on any atom is 0.165 e. The number of halogens is 1. The van der Waals surface area contributed by atoms with Crippen LogP contribution in [0.25, 0.3) is 0 Å². The lowest BCUT2D eigenvalue weighted by Gasteiger charge is -2.26. The molecular formula is C15H20FNO2. The fourth-order valence-electron chi connectivity index (χ4n) is 2.72. The molecule has 1 heterocycles. The Morgan fingerprint density at radius 2 is 2.32 bits per heavy atom. The fraction of sp³-hybridized carbons (Fsp3) is 0.533. The van der Waals surface area contributed by atoms with Crippen LogP contribution in [0.4, 0.5) is 4.39 Å². The highest BCUT2D eigenvalue weighted by Crippen LogP contribution is 2.26. The Morgan fingerprint density at radius 3 is 2.84 bits per heavy atom. The number of carbonyl (C=O) groups excluding carboxylic acids is 1. The van der Waals surface area contributed by atoms with Crippen molar-refractivity contribution >= 4 is 5.78 Å². The van der Waals surface area contributed by atoms with Crippen LogP contribution in [-0.4, -0.2) is 25.0 Å². The van der Waals surface area contributed by atoms with Crippen molar-refractivity contribution in [2.75, 3.05) is 13.7 Å². The predicted molar refractivity (Wildman–Crippen MR) is 71.9 cm³/mol. The number of Topliss-reactive ketones (excluding diaryl/α,β-unsaturated/α-hetero) is 1. The van der Waals surface area contributed by atoms with Crippen LogP contribution in [0.5, 0.6) is 5.75 Å². The van der Waals surface area contributed by atoms with Crippen molar-refractivity contribution in [3.05, 3.63) is 29.6 Å². The average Bonchev–Trinajstić information content (AvgIpc) is 2.89. The molecule has 0 aliphatic carbocycles. The molecule has 2 rings (SSSR count). The van der Waals surface area contributed by atoms with E-state index in [4.69, 9.17) is 4.74 Å². The minimum atomic E-state index is -0.419. The van der Waals surface area contributed by atoms with E-state index >= 15 is 0 Å². The van der Waals surface area contributed by atoms with Crippen molar-refractivity contribution in [3.63, 3.8) is 0 Å². The van der Waals surface area contributed by atoms with Gasteiger partial charge in [0.05, 0.1) is 12.6 Å². The monoisotopic (exact) mass is 265 g/mol. The van der Waals surface area contributed by atoms with Crippen LogP contribution in [0.1, 0.15) is 31.7 Å². The van der Waals surface area contributed by atoms with E-state index in [9.17, 15) is 9.18 Å². The van der Waals surface area contributed by atoms with Crippen molar-refractivity contribution in [2.24, 2.45) is 0 Å². The molecule has 1 aliphatic rings. The molecule has 104 valence electrons. The summed E-state index contributed by atoms with van der Waals surface area (Å²) in [6.45, 7) is 2.90. The Labute approximate surface area is 113 Å². The first-order valence-electron chi connectivity index (χ1n) is 6.72. The Balaban J connectivity index is 2.12. The number of benzene rings is 1. The molecule has 1 atom stereocenters. The molecular weight excluding hydrogens is 245 g/mol. The molecule has 1 aromatic carbocycles. The van der Waals surface area contributed by atoms with Gasteiger partial charge in [-0.3, -0.25) is 4.79 Å². The molecule has 0 radical (unpaired) electrons. The van der Waals surface area contributed by atoms with E-state index < -0.39 is 11.4 Å². The normalized spacial score (nSPS) is 22.5. The summed E-state index contributed by atoms with van der Waals surface area (Å²) in [6, 6.07) is 4.70. The lowest BCUT2D eigenvalue weighted by molar-refractivity contribution is -0.124. The molecule has 4 heteroatoms. The zero-order valence-electron chi connectivity index (χ0n) is 11.5. The molecule has 1 aromatic rings. The maximum atomic E-state index is 13.6. The second kappa shape index (κ2) is 5.70. The number of nitrogens with one attached hydrogen (secondary N) is 1. The zero-order valence-corrected chi connectivity index (χ0v) is 11.5. The second-order valence-corrected chi connectivity index (χ2v) is 5.03. The minimum Gasteiger partial charge on any atom is -0.494 e. The van der Waals surface area contributed by atoms with Crippen molar-refractivity contribution in [1.82, 2.24) is 5.32 Å². The highest BCUT2D eigenvalue weighted by Gasteiger charge is 2.38. The van der Waals surface area contributed by atoms with Gasteiger partial charge in [0.2, 0.25) is 0 Å². The molecule has 0 bridgehead atoms. The Hall–Kier alpha value is -1.42. The Morgan fingerprint density at radius 1 is 1.53 bits per heavy atom. The van der Waals surface area contributed by atoms with Crippen molar-refractivity contribution in [2.45, 2.75) is 38.1 Å². The van der Waals surface area contributed by atoms with E-state index in [0.717, 1.165) is 25.8 Å². The molecule has 0 amide bonds. The van der Waals surface area contributed by atoms with Gasteiger partial charge in [-0.1, -0.05) is 13.0 Å². The van der Waals surface area contributed by atoms with Crippen LogP contribution in [0, 0.1) is 5.82 Å². The van der Waals surface area contributed by atoms with E-state index in [1.54, 1.807) is 12.1 Å². The van der Waals surface area contributed by atoms with Crippen molar-refractivity contribution < 1.29 is 13.9 Å². The zero-order chi connectivity index (χ0) is 13.9. The lowest BCUT2D eigenvalue weighted by atomic mass is 9.86. The first-order chi connectivity index (χ1) is 9.11. The molecule has 0 saturated carbocycles. The summed E-state index contributed by atoms with van der Waals surface area (Å²) in [7, 11) is 1.43. The molecule has 0 spiro atoms. The summed E-state index contributed by atoms with van der Waals surface area (Å²) in [4.78, 5) is 12.4. The van der Waals surface area contributed by atoms with Crippen LogP contribution in [-0.2, 0) is 11.2 Å².